The van der Waals surface area contributed by atoms with Crippen LogP contribution in [0.4, 0.5) is 0 Å². The standard InChI is InChI=1S/C15H31AsNO4P/c1-11(2)14(16)15(19)17-8-13(18)10-22(20,21)9-12-6-4-3-5-7-12/h11-14,18H,3-10,16H2,1-2H3,(H,17,19)(H,20,21)/t13-,14+/m0/s1. The summed E-state index contributed by atoms with van der Waals surface area (Å²) in [6, 6.07) is 0. The van der Waals surface area contributed by atoms with E-state index < -0.39 is 13.5 Å². The van der Waals surface area contributed by atoms with E-state index in [9.17, 15) is 19.4 Å². The van der Waals surface area contributed by atoms with Crippen LogP contribution in [0.5, 0.6) is 0 Å². The molecule has 0 spiro atoms. The van der Waals surface area contributed by atoms with Gasteiger partial charge in [-0.2, -0.15) is 0 Å². The molecule has 1 saturated carbocycles. The van der Waals surface area contributed by atoms with Gasteiger partial charge in [0.15, 0.2) is 0 Å². The maximum atomic E-state index is 12.3. The van der Waals surface area contributed by atoms with E-state index in [1.807, 2.05) is 13.8 Å². The van der Waals surface area contributed by atoms with Gasteiger partial charge in [0, 0.05) is 0 Å². The molecule has 0 radical (unpaired) electrons. The molecule has 0 aromatic carbocycles. The predicted molar refractivity (Wildman–Crippen MR) is 92.3 cm³/mol. The minimum atomic E-state index is -3.32. The first-order valence-corrected chi connectivity index (χ1v) is 11.7. The molecular formula is C15H31AsNO4P. The quantitative estimate of drug-likeness (QED) is 0.428. The topological polar surface area (TPSA) is 86.6 Å². The van der Waals surface area contributed by atoms with Gasteiger partial charge >= 0.3 is 142 Å². The number of hydrogen-bond acceptors (Lipinski definition) is 3. The van der Waals surface area contributed by atoms with E-state index in [1.54, 1.807) is 0 Å². The molecule has 0 heterocycles. The Morgan fingerprint density at radius 2 is 1.91 bits per heavy atom. The maximum absolute atomic E-state index is 12.3. The number of carbonyl (C=O) groups excluding carboxylic acids is 1. The summed E-state index contributed by atoms with van der Waals surface area (Å²) in [5.41, 5.74) is 0. The summed E-state index contributed by atoms with van der Waals surface area (Å²) in [6.07, 6.45) is 4.77. The summed E-state index contributed by atoms with van der Waals surface area (Å²) in [5, 5.41) is 12.6. The van der Waals surface area contributed by atoms with Gasteiger partial charge in [0.25, 0.3) is 0 Å². The van der Waals surface area contributed by atoms with Crippen LogP contribution < -0.4 is 5.32 Å². The Labute approximate surface area is 142 Å². The third-order valence-corrected chi connectivity index (χ3v) is 8.63. The molecule has 1 amide bonds. The van der Waals surface area contributed by atoms with E-state index >= 15 is 0 Å². The van der Waals surface area contributed by atoms with Crippen molar-refractivity contribution in [3.05, 3.63) is 0 Å². The predicted octanol–water partition coefficient (Wildman–Crippen LogP) is 1.39. The molecule has 0 aromatic heterocycles. The van der Waals surface area contributed by atoms with Crippen LogP contribution in [-0.2, 0) is 9.36 Å². The fraction of sp³-hybridized carbons (Fsp3) is 0.933. The van der Waals surface area contributed by atoms with Crippen molar-refractivity contribution in [3.8, 4) is 0 Å². The summed E-state index contributed by atoms with van der Waals surface area (Å²) in [5.74, 6) is 0.483. The van der Waals surface area contributed by atoms with Crippen LogP contribution >= 0.6 is 7.37 Å². The van der Waals surface area contributed by atoms with Crippen LogP contribution in [0.15, 0.2) is 0 Å². The molecule has 130 valence electrons. The number of aliphatic hydroxyl groups excluding tert-OH is 1. The number of aliphatic hydroxyl groups is 1. The van der Waals surface area contributed by atoms with Gasteiger partial charge in [-0.15, -0.1) is 0 Å². The molecule has 1 aliphatic rings. The first kappa shape index (κ1) is 20.2. The Morgan fingerprint density at radius 1 is 1.32 bits per heavy atom. The van der Waals surface area contributed by atoms with Gasteiger partial charge < -0.3 is 0 Å². The summed E-state index contributed by atoms with van der Waals surface area (Å²) < 4.78 is 12.2. The third kappa shape index (κ3) is 7.63. The zero-order chi connectivity index (χ0) is 16.8. The molecule has 7 heteroatoms. The van der Waals surface area contributed by atoms with Crippen molar-refractivity contribution in [2.24, 2.45) is 11.8 Å². The molecular weight excluding hydrogens is 364 g/mol. The molecule has 0 bridgehead atoms. The molecule has 0 aromatic rings. The Bertz CT molecular complexity index is 399. The van der Waals surface area contributed by atoms with Gasteiger partial charge in [-0.1, -0.05) is 0 Å². The molecule has 1 aliphatic carbocycles. The van der Waals surface area contributed by atoms with Crippen molar-refractivity contribution in [3.63, 3.8) is 0 Å². The van der Waals surface area contributed by atoms with Crippen LogP contribution in [0.1, 0.15) is 46.0 Å². The average Bonchev–Trinajstić information content (AvgIpc) is 2.43. The van der Waals surface area contributed by atoms with Crippen LogP contribution in [-0.4, -0.2) is 57.7 Å². The molecule has 0 saturated heterocycles. The second-order valence-electron chi connectivity index (χ2n) is 6.88. The van der Waals surface area contributed by atoms with Crippen LogP contribution in [0, 0.1) is 11.8 Å². The second-order valence-corrected chi connectivity index (χ2v) is 10.8. The van der Waals surface area contributed by atoms with Crippen molar-refractivity contribution in [1.29, 1.82) is 0 Å². The van der Waals surface area contributed by atoms with Crippen LogP contribution in [0.25, 0.3) is 0 Å². The third-order valence-electron chi connectivity index (χ3n) is 4.30. The van der Waals surface area contributed by atoms with Gasteiger partial charge in [-0.05, 0) is 0 Å². The van der Waals surface area contributed by atoms with E-state index in [-0.39, 0.29) is 29.2 Å². The minimum absolute atomic E-state index is 0.0567. The average molecular weight is 395 g/mol. The fourth-order valence-corrected chi connectivity index (χ4v) is 5.24. The van der Waals surface area contributed by atoms with E-state index in [4.69, 9.17) is 0 Å². The molecule has 3 N–H and O–H groups in total. The Morgan fingerprint density at radius 3 is 2.45 bits per heavy atom. The summed E-state index contributed by atoms with van der Waals surface area (Å²) in [7, 11) is -3.32. The van der Waals surface area contributed by atoms with Crippen molar-refractivity contribution in [2.45, 2.75) is 56.8 Å². The van der Waals surface area contributed by atoms with Gasteiger partial charge in [0.1, 0.15) is 0 Å². The summed E-state index contributed by atoms with van der Waals surface area (Å²) in [4.78, 5) is 21.9. The van der Waals surface area contributed by atoms with E-state index in [0.717, 1.165) is 25.7 Å². The fourth-order valence-electron chi connectivity index (χ4n) is 2.88. The second kappa shape index (κ2) is 9.47. The van der Waals surface area contributed by atoms with Crippen LogP contribution in [0.3, 0.4) is 0 Å². The van der Waals surface area contributed by atoms with Crippen molar-refractivity contribution >= 4 is 30.1 Å². The van der Waals surface area contributed by atoms with Crippen LogP contribution in [0.2, 0.25) is 4.71 Å². The normalized spacial score (nSPS) is 22.1. The first-order valence-electron chi connectivity index (χ1n) is 8.23. The first-order chi connectivity index (χ1) is 10.2. The Hall–Kier alpha value is 0.178. The number of carbonyl (C=O) groups is 1. The van der Waals surface area contributed by atoms with Gasteiger partial charge in [-0.3, -0.25) is 0 Å². The van der Waals surface area contributed by atoms with E-state index in [1.165, 1.54) is 23.3 Å². The Balaban J connectivity index is 2.34. The molecule has 1 fully saturated rings. The zero-order valence-corrected chi connectivity index (χ0v) is 17.0. The molecule has 0 aliphatic heterocycles. The molecule has 22 heavy (non-hydrogen) atoms. The Kier molecular flexibility index (Phi) is 8.70. The SMILES string of the molecule is CC(C)[C@@H]([AsH2])C(=O)NC[C@H](O)CP(=O)(O)CC1CCCCC1. The number of rotatable bonds is 8. The van der Waals surface area contributed by atoms with Gasteiger partial charge in [0.05, 0.1) is 0 Å². The van der Waals surface area contributed by atoms with E-state index in [0.29, 0.717) is 12.1 Å². The molecule has 4 atom stereocenters. The summed E-state index contributed by atoms with van der Waals surface area (Å²) in [6.45, 7) is 4.02. The number of amides is 1. The number of nitrogens with one attached hydrogen (secondary N) is 1. The van der Waals surface area contributed by atoms with Crippen molar-refractivity contribution in [2.75, 3.05) is 18.9 Å². The van der Waals surface area contributed by atoms with Crippen molar-refractivity contribution in [1.82, 2.24) is 5.32 Å². The summed E-state index contributed by atoms with van der Waals surface area (Å²) >= 11 is 1.36. The molecule has 1 rings (SSSR count). The van der Waals surface area contributed by atoms with Crippen molar-refractivity contribution < 1.29 is 19.4 Å². The van der Waals surface area contributed by atoms with Gasteiger partial charge in [0.2, 0.25) is 0 Å². The molecule has 5 nitrogen and oxygen atoms in total. The number of hydrogen-bond donors (Lipinski definition) is 3. The zero-order valence-electron chi connectivity index (χ0n) is 13.7. The molecule has 2 unspecified atom stereocenters. The monoisotopic (exact) mass is 395 g/mol. The van der Waals surface area contributed by atoms with E-state index in [2.05, 4.69) is 5.32 Å². The van der Waals surface area contributed by atoms with Gasteiger partial charge in [-0.25, -0.2) is 0 Å².